The maximum Gasteiger partial charge on any atom is 0.161 e. The number of hydrogen-bond acceptors (Lipinski definition) is 2. The highest BCUT2D eigenvalue weighted by Crippen LogP contribution is 2.28. The number of benzene rings is 1. The van der Waals surface area contributed by atoms with Crippen LogP contribution in [-0.2, 0) is 0 Å². The fourth-order valence-corrected chi connectivity index (χ4v) is 2.26. The normalized spacial score (nSPS) is 12.8. The molecular formula is C12H9F3OS. The van der Waals surface area contributed by atoms with Crippen molar-refractivity contribution < 1.29 is 18.3 Å². The van der Waals surface area contributed by atoms with Gasteiger partial charge < -0.3 is 5.11 Å². The Labute approximate surface area is 100 Å². The Morgan fingerprint density at radius 1 is 1.06 bits per heavy atom. The molecule has 1 unspecified atom stereocenters. The van der Waals surface area contributed by atoms with E-state index in [1.165, 1.54) is 11.3 Å². The maximum atomic E-state index is 13.4. The van der Waals surface area contributed by atoms with Crippen molar-refractivity contribution in [3.63, 3.8) is 0 Å². The van der Waals surface area contributed by atoms with Gasteiger partial charge in [-0.15, -0.1) is 11.3 Å². The van der Waals surface area contributed by atoms with Crippen LogP contribution in [0.5, 0.6) is 0 Å². The Morgan fingerprint density at radius 3 is 2.29 bits per heavy atom. The minimum Gasteiger partial charge on any atom is -0.384 e. The molecule has 0 saturated carbocycles. The van der Waals surface area contributed by atoms with E-state index < -0.39 is 23.6 Å². The van der Waals surface area contributed by atoms with Crippen LogP contribution in [0.2, 0.25) is 0 Å². The zero-order valence-corrected chi connectivity index (χ0v) is 9.69. The molecule has 0 spiro atoms. The summed E-state index contributed by atoms with van der Waals surface area (Å²) in [5.74, 6) is -3.40. The molecule has 0 amide bonds. The minimum atomic E-state index is -1.28. The summed E-state index contributed by atoms with van der Waals surface area (Å²) in [7, 11) is 0. The molecule has 0 radical (unpaired) electrons. The van der Waals surface area contributed by atoms with Gasteiger partial charge >= 0.3 is 0 Å². The van der Waals surface area contributed by atoms with Gasteiger partial charge in [-0.05, 0) is 30.0 Å². The van der Waals surface area contributed by atoms with E-state index in [9.17, 15) is 18.3 Å². The molecule has 0 bridgehead atoms. The van der Waals surface area contributed by atoms with Crippen LogP contribution in [0.25, 0.3) is 0 Å². The van der Waals surface area contributed by atoms with Gasteiger partial charge in [0.25, 0.3) is 0 Å². The van der Waals surface area contributed by atoms with Crippen molar-refractivity contribution in [2.24, 2.45) is 0 Å². The smallest absolute Gasteiger partial charge is 0.161 e. The van der Waals surface area contributed by atoms with Crippen LogP contribution in [0.15, 0.2) is 23.6 Å². The number of hydrogen-bond donors (Lipinski definition) is 1. The highest BCUT2D eigenvalue weighted by Gasteiger charge is 2.19. The molecule has 0 aliphatic rings. The Balaban J connectivity index is 2.43. The molecular weight excluding hydrogens is 249 g/mol. The van der Waals surface area contributed by atoms with Gasteiger partial charge in [-0.2, -0.15) is 0 Å². The molecule has 0 fully saturated rings. The van der Waals surface area contributed by atoms with Crippen LogP contribution in [0.3, 0.4) is 0 Å². The predicted octanol–water partition coefficient (Wildman–Crippen LogP) is 3.56. The Bertz CT molecular complexity index is 551. The molecule has 90 valence electrons. The number of aliphatic hydroxyl groups excluding tert-OH is 1. The third-order valence-corrected chi connectivity index (χ3v) is 3.28. The third kappa shape index (κ3) is 2.35. The second kappa shape index (κ2) is 4.50. The van der Waals surface area contributed by atoms with Gasteiger partial charge in [0.1, 0.15) is 11.9 Å². The van der Waals surface area contributed by atoms with E-state index in [0.717, 1.165) is 4.88 Å². The maximum absolute atomic E-state index is 13.4. The summed E-state index contributed by atoms with van der Waals surface area (Å²) in [5, 5.41) is 11.5. The molecule has 0 aliphatic carbocycles. The van der Waals surface area contributed by atoms with Gasteiger partial charge in [0, 0.05) is 16.5 Å². The van der Waals surface area contributed by atoms with Crippen LogP contribution >= 0.6 is 11.3 Å². The lowest BCUT2D eigenvalue weighted by Gasteiger charge is -2.10. The Kier molecular flexibility index (Phi) is 3.22. The van der Waals surface area contributed by atoms with E-state index in [1.807, 2.05) is 6.92 Å². The third-order valence-electron chi connectivity index (χ3n) is 2.40. The standard InChI is InChI=1S/C12H9F3OS/c1-6-2-7(5-17-6)12(16)8-3-10(14)11(15)4-9(8)13/h2-5,12,16H,1H3. The van der Waals surface area contributed by atoms with Gasteiger partial charge in [0.15, 0.2) is 11.6 Å². The van der Waals surface area contributed by atoms with Crippen LogP contribution in [0, 0.1) is 24.4 Å². The van der Waals surface area contributed by atoms with E-state index in [1.54, 1.807) is 11.4 Å². The summed E-state index contributed by atoms with van der Waals surface area (Å²) in [4.78, 5) is 0.946. The summed E-state index contributed by atoms with van der Waals surface area (Å²) in [5.41, 5.74) is 0.208. The fourth-order valence-electron chi connectivity index (χ4n) is 1.53. The summed E-state index contributed by atoms with van der Waals surface area (Å²) in [6.07, 6.45) is -1.28. The average Bonchev–Trinajstić information content (AvgIpc) is 2.69. The molecule has 1 atom stereocenters. The first-order chi connectivity index (χ1) is 7.99. The van der Waals surface area contributed by atoms with Crippen molar-refractivity contribution in [1.29, 1.82) is 0 Å². The molecule has 2 rings (SSSR count). The van der Waals surface area contributed by atoms with Crippen molar-refractivity contribution >= 4 is 11.3 Å². The van der Waals surface area contributed by atoms with Crippen molar-refractivity contribution in [1.82, 2.24) is 0 Å². The van der Waals surface area contributed by atoms with Crippen LogP contribution in [-0.4, -0.2) is 5.11 Å². The second-order valence-corrected chi connectivity index (χ2v) is 4.80. The molecule has 1 aromatic heterocycles. The molecule has 17 heavy (non-hydrogen) atoms. The summed E-state index contributed by atoms with van der Waals surface area (Å²) in [6.45, 7) is 1.84. The zero-order chi connectivity index (χ0) is 12.6. The van der Waals surface area contributed by atoms with Crippen molar-refractivity contribution in [3.05, 3.63) is 57.0 Å². The fraction of sp³-hybridized carbons (Fsp3) is 0.167. The SMILES string of the molecule is Cc1cc(C(O)c2cc(F)c(F)cc2F)cs1. The Hall–Kier alpha value is -1.33. The van der Waals surface area contributed by atoms with Crippen LogP contribution < -0.4 is 0 Å². The van der Waals surface area contributed by atoms with E-state index in [-0.39, 0.29) is 5.56 Å². The van der Waals surface area contributed by atoms with E-state index in [0.29, 0.717) is 17.7 Å². The predicted molar refractivity (Wildman–Crippen MR) is 59.4 cm³/mol. The van der Waals surface area contributed by atoms with Gasteiger partial charge in [0.05, 0.1) is 0 Å². The number of halogens is 3. The van der Waals surface area contributed by atoms with Crippen molar-refractivity contribution in [2.45, 2.75) is 13.0 Å². The van der Waals surface area contributed by atoms with Gasteiger partial charge in [0.2, 0.25) is 0 Å². The van der Waals surface area contributed by atoms with Crippen LogP contribution in [0.4, 0.5) is 13.2 Å². The first kappa shape index (κ1) is 12.1. The molecule has 5 heteroatoms. The number of aryl methyl sites for hydroxylation is 1. The first-order valence-electron chi connectivity index (χ1n) is 4.86. The highest BCUT2D eigenvalue weighted by molar-refractivity contribution is 7.10. The quantitative estimate of drug-likeness (QED) is 0.817. The second-order valence-electron chi connectivity index (χ2n) is 3.68. The van der Waals surface area contributed by atoms with Gasteiger partial charge in [-0.1, -0.05) is 0 Å². The highest BCUT2D eigenvalue weighted by atomic mass is 32.1. The Morgan fingerprint density at radius 2 is 1.71 bits per heavy atom. The van der Waals surface area contributed by atoms with E-state index in [4.69, 9.17) is 0 Å². The van der Waals surface area contributed by atoms with Crippen molar-refractivity contribution in [3.8, 4) is 0 Å². The zero-order valence-electron chi connectivity index (χ0n) is 8.88. The minimum absolute atomic E-state index is 0.262. The van der Waals surface area contributed by atoms with Crippen molar-refractivity contribution in [2.75, 3.05) is 0 Å². The van der Waals surface area contributed by atoms with E-state index in [2.05, 4.69) is 0 Å². The van der Waals surface area contributed by atoms with Crippen LogP contribution in [0.1, 0.15) is 22.1 Å². The lowest BCUT2D eigenvalue weighted by molar-refractivity contribution is 0.214. The number of thiophene rings is 1. The lowest BCUT2D eigenvalue weighted by Crippen LogP contribution is -2.03. The largest absolute Gasteiger partial charge is 0.384 e. The summed E-state index contributed by atoms with van der Waals surface area (Å²) >= 11 is 1.39. The molecule has 0 saturated heterocycles. The summed E-state index contributed by atoms with van der Waals surface area (Å²) < 4.78 is 39.1. The molecule has 1 N–H and O–H groups in total. The molecule has 1 nitrogen and oxygen atoms in total. The molecule has 1 aromatic carbocycles. The molecule has 1 heterocycles. The molecule has 2 aromatic rings. The van der Waals surface area contributed by atoms with Gasteiger partial charge in [-0.25, -0.2) is 13.2 Å². The monoisotopic (exact) mass is 258 g/mol. The topological polar surface area (TPSA) is 20.2 Å². The molecule has 0 aliphatic heterocycles. The van der Waals surface area contributed by atoms with E-state index >= 15 is 0 Å². The number of rotatable bonds is 2. The summed E-state index contributed by atoms with van der Waals surface area (Å²) in [6, 6.07) is 2.80. The first-order valence-corrected chi connectivity index (χ1v) is 5.74. The van der Waals surface area contributed by atoms with Gasteiger partial charge in [-0.3, -0.25) is 0 Å². The lowest BCUT2D eigenvalue weighted by atomic mass is 10.0. The number of aliphatic hydroxyl groups is 1. The average molecular weight is 258 g/mol.